The van der Waals surface area contributed by atoms with E-state index in [-0.39, 0.29) is 38.0 Å². The van der Waals surface area contributed by atoms with Gasteiger partial charge in [0, 0.05) is 18.0 Å². The van der Waals surface area contributed by atoms with E-state index in [9.17, 15) is 24.4 Å². The molecule has 2 fully saturated rings. The molecule has 0 radical (unpaired) electrons. The molecule has 2 saturated carbocycles. The second kappa shape index (κ2) is 10.2. The Hall–Kier alpha value is -3.48. The van der Waals surface area contributed by atoms with E-state index in [1.165, 1.54) is 0 Å². The number of rotatable bonds is 7. The number of nitrogens with one attached hydrogen (secondary N) is 3. The zero-order chi connectivity index (χ0) is 29.7. The van der Waals surface area contributed by atoms with Crippen molar-refractivity contribution in [2.24, 2.45) is 17.3 Å². The predicted octanol–water partition coefficient (Wildman–Crippen LogP) is 4.31. The van der Waals surface area contributed by atoms with Crippen LogP contribution in [0.4, 0.5) is 14.9 Å². The molecule has 10 heteroatoms. The summed E-state index contributed by atoms with van der Waals surface area (Å²) in [6.45, 7) is 10.4. The van der Waals surface area contributed by atoms with Crippen molar-refractivity contribution in [3.05, 3.63) is 29.8 Å². The Morgan fingerprint density at radius 2 is 1.77 bits per heavy atom. The van der Waals surface area contributed by atoms with Crippen LogP contribution in [0.1, 0.15) is 79.2 Å². The zero-order valence-electron chi connectivity index (χ0n) is 24.0. The number of para-hydroxylation sites is 1. The molecule has 9 nitrogen and oxygen atoms in total. The van der Waals surface area contributed by atoms with Crippen molar-refractivity contribution in [3.63, 3.8) is 0 Å². The molecule has 0 saturated heterocycles. The number of hydrogen-bond donors (Lipinski definition) is 3. The van der Waals surface area contributed by atoms with E-state index in [0.29, 0.717) is 5.69 Å². The Morgan fingerprint density at radius 1 is 1.12 bits per heavy atom. The van der Waals surface area contributed by atoms with Crippen molar-refractivity contribution in [2.75, 3.05) is 5.32 Å². The van der Waals surface area contributed by atoms with E-state index in [4.69, 9.17) is 4.74 Å². The lowest BCUT2D eigenvalue weighted by Crippen LogP contribution is -2.58. The average Bonchev–Trinajstić information content (AvgIpc) is 3.33. The molecule has 216 valence electrons. The van der Waals surface area contributed by atoms with E-state index in [2.05, 4.69) is 22.0 Å². The number of ether oxygens (including phenoxy) is 1. The smallest absolute Gasteiger partial charge is 0.408 e. The Kier molecular flexibility index (Phi) is 7.50. The molecule has 1 heterocycles. The quantitative estimate of drug-likeness (QED) is 0.459. The summed E-state index contributed by atoms with van der Waals surface area (Å²) in [6.07, 6.45) is -0.213. The molecule has 3 aliphatic rings. The predicted molar refractivity (Wildman–Crippen MR) is 146 cm³/mol. The number of nitrogens with zero attached hydrogens (tertiary/aromatic N) is 1. The van der Waals surface area contributed by atoms with Crippen molar-refractivity contribution in [2.45, 2.75) is 102 Å². The molecule has 1 aliphatic heterocycles. The van der Waals surface area contributed by atoms with Crippen LogP contribution in [0.3, 0.4) is 0 Å². The number of anilines is 1. The minimum atomic E-state index is -1.58. The van der Waals surface area contributed by atoms with Crippen LogP contribution in [-0.4, -0.2) is 47.0 Å². The number of alkyl carbamates (subject to hydrolysis) is 1. The van der Waals surface area contributed by atoms with Gasteiger partial charge in [-0.3, -0.25) is 14.4 Å². The van der Waals surface area contributed by atoms with Gasteiger partial charge in [-0.25, -0.2) is 9.18 Å². The molecular formula is C30H39FN4O5. The van der Waals surface area contributed by atoms with Gasteiger partial charge in [0.05, 0.1) is 23.4 Å². The summed E-state index contributed by atoms with van der Waals surface area (Å²) in [7, 11) is 0. The van der Waals surface area contributed by atoms with E-state index in [1.54, 1.807) is 53.7 Å². The number of nitriles is 1. The normalized spacial score (nSPS) is 26.2. The minimum absolute atomic E-state index is 0.0947. The maximum absolute atomic E-state index is 15.1. The molecule has 0 aromatic heterocycles. The van der Waals surface area contributed by atoms with E-state index >= 15 is 4.39 Å². The summed E-state index contributed by atoms with van der Waals surface area (Å²) in [4.78, 5) is 53.3. The van der Waals surface area contributed by atoms with Crippen LogP contribution in [0.2, 0.25) is 0 Å². The molecule has 40 heavy (non-hydrogen) atoms. The lowest BCUT2D eigenvalue weighted by atomic mass is 9.78. The van der Waals surface area contributed by atoms with Gasteiger partial charge in [-0.1, -0.05) is 39.0 Å². The number of carbonyl (C=O) groups excluding carboxylic acids is 4. The molecule has 3 N–H and O–H groups in total. The molecule has 1 aromatic rings. The number of hydrogen-bond acceptors (Lipinski definition) is 6. The molecule has 4 rings (SSSR count). The van der Waals surface area contributed by atoms with Crippen LogP contribution < -0.4 is 16.0 Å². The molecule has 5 atom stereocenters. The number of alkyl halides is 1. The fourth-order valence-corrected chi connectivity index (χ4v) is 5.87. The van der Waals surface area contributed by atoms with Crippen LogP contribution in [0, 0.1) is 28.6 Å². The van der Waals surface area contributed by atoms with Gasteiger partial charge < -0.3 is 20.7 Å². The molecule has 2 aliphatic carbocycles. The van der Waals surface area contributed by atoms with Gasteiger partial charge in [-0.15, -0.1) is 0 Å². The van der Waals surface area contributed by atoms with Crippen molar-refractivity contribution < 1.29 is 28.3 Å². The van der Waals surface area contributed by atoms with Gasteiger partial charge in [0.25, 0.3) is 0 Å². The number of Topliss-reactive ketones (excluding diaryl/α,β-unsaturated/α-hetero) is 1. The topological polar surface area (TPSA) is 137 Å². The fourth-order valence-electron chi connectivity index (χ4n) is 5.87. The number of amides is 3. The van der Waals surface area contributed by atoms with Crippen molar-refractivity contribution in [1.82, 2.24) is 10.6 Å². The Balaban J connectivity index is 1.59. The third-order valence-electron chi connectivity index (χ3n) is 8.09. The average molecular weight is 555 g/mol. The highest BCUT2D eigenvalue weighted by Gasteiger charge is 2.58. The monoisotopic (exact) mass is 554 g/mol. The highest BCUT2D eigenvalue weighted by atomic mass is 19.1. The first-order valence-corrected chi connectivity index (χ1v) is 13.8. The fraction of sp³-hybridized carbons (Fsp3) is 0.633. The summed E-state index contributed by atoms with van der Waals surface area (Å²) in [5, 5.41) is 18.2. The summed E-state index contributed by atoms with van der Waals surface area (Å²) in [5.74, 6) is -3.03. The van der Waals surface area contributed by atoms with E-state index in [0.717, 1.165) is 5.56 Å². The third-order valence-corrected chi connectivity index (χ3v) is 8.09. The van der Waals surface area contributed by atoms with Crippen molar-refractivity contribution in [3.8, 4) is 6.07 Å². The summed E-state index contributed by atoms with van der Waals surface area (Å²) in [5.41, 5.74) is -2.77. The van der Waals surface area contributed by atoms with Crippen LogP contribution in [0.25, 0.3) is 0 Å². The first-order chi connectivity index (χ1) is 18.5. The van der Waals surface area contributed by atoms with Crippen LogP contribution in [0.15, 0.2) is 24.3 Å². The first kappa shape index (κ1) is 29.5. The Bertz CT molecular complexity index is 1260. The highest BCUT2D eigenvalue weighted by molar-refractivity contribution is 6.07. The van der Waals surface area contributed by atoms with E-state index in [1.807, 2.05) is 12.1 Å². The Labute approximate surface area is 234 Å². The standard InChI is InChI=1S/C30H39FN4O5/c1-27(2,3)23(35-26(39)40-28(4,5)6)24(37)33-21(15-29(31)11-12-29)22(36)18-14-30(13-17(18)16-32)19-9-7-8-10-20(19)34-25(30)38/h7-10,17-18,21,23H,11-15H2,1-6H3,(H,33,37)(H,34,38)(H,35,39)/t17-,18?,21?,23+,30-/m0/s1. The highest BCUT2D eigenvalue weighted by Crippen LogP contribution is 2.54. The van der Waals surface area contributed by atoms with Gasteiger partial charge in [0.1, 0.15) is 17.3 Å². The second-order valence-corrected chi connectivity index (χ2v) is 13.6. The maximum atomic E-state index is 15.1. The largest absolute Gasteiger partial charge is 0.444 e. The van der Waals surface area contributed by atoms with Gasteiger partial charge in [0.15, 0.2) is 5.78 Å². The molecule has 2 unspecified atom stereocenters. The minimum Gasteiger partial charge on any atom is -0.444 e. The Morgan fingerprint density at radius 3 is 2.35 bits per heavy atom. The maximum Gasteiger partial charge on any atom is 0.408 e. The summed E-state index contributed by atoms with van der Waals surface area (Å²) >= 11 is 0. The van der Waals surface area contributed by atoms with E-state index < -0.39 is 63.8 Å². The lowest BCUT2D eigenvalue weighted by molar-refractivity contribution is -0.133. The van der Waals surface area contributed by atoms with Gasteiger partial charge in [-0.05, 0) is 63.5 Å². The number of ketones is 1. The van der Waals surface area contributed by atoms with Crippen molar-refractivity contribution in [1.29, 1.82) is 5.26 Å². The molecule has 1 spiro atoms. The van der Waals surface area contributed by atoms with Crippen LogP contribution in [0.5, 0.6) is 0 Å². The van der Waals surface area contributed by atoms with Crippen molar-refractivity contribution >= 4 is 29.4 Å². The second-order valence-electron chi connectivity index (χ2n) is 13.6. The summed E-state index contributed by atoms with van der Waals surface area (Å²) < 4.78 is 20.4. The number of carbonyl (C=O) groups is 4. The summed E-state index contributed by atoms with van der Waals surface area (Å²) in [6, 6.07) is 7.11. The van der Waals surface area contributed by atoms with Gasteiger partial charge in [0.2, 0.25) is 11.8 Å². The lowest BCUT2D eigenvalue weighted by Gasteiger charge is -2.33. The number of fused-ring (bicyclic) bond motifs is 2. The van der Waals surface area contributed by atoms with Crippen LogP contribution in [-0.2, 0) is 24.5 Å². The first-order valence-electron chi connectivity index (χ1n) is 13.8. The van der Waals surface area contributed by atoms with Crippen LogP contribution >= 0.6 is 0 Å². The zero-order valence-corrected chi connectivity index (χ0v) is 24.0. The third kappa shape index (κ3) is 5.98. The number of benzene rings is 1. The molecule has 3 amide bonds. The SMILES string of the molecule is CC(C)(C)OC(=O)N[C@H](C(=O)NC(CC1(F)CC1)C(=O)C1C[C@]2(C[C@H]1C#N)C(=O)Nc1ccccc12)C(C)(C)C. The molecule has 0 bridgehead atoms. The van der Waals surface area contributed by atoms with Gasteiger partial charge in [-0.2, -0.15) is 5.26 Å². The number of halogens is 1. The van der Waals surface area contributed by atoms with Gasteiger partial charge >= 0.3 is 6.09 Å². The molecular weight excluding hydrogens is 515 g/mol. The molecule has 1 aromatic carbocycles.